The Bertz CT molecular complexity index is 321. The van der Waals surface area contributed by atoms with Crippen LogP contribution in [0.15, 0.2) is 12.4 Å². The second-order valence-electron chi connectivity index (χ2n) is 4.04. The molecular weight excluding hydrogens is 206 g/mol. The van der Waals surface area contributed by atoms with E-state index in [1.807, 2.05) is 31.1 Å². The van der Waals surface area contributed by atoms with Gasteiger partial charge in [0.15, 0.2) is 0 Å². The number of nitrogens with one attached hydrogen (secondary N) is 1. The predicted molar refractivity (Wildman–Crippen MR) is 60.3 cm³/mol. The Balaban J connectivity index is 1.97. The number of nitrogens with zero attached hydrogens (tertiary/aromatic N) is 2. The molecule has 0 radical (unpaired) electrons. The first-order valence-electron chi connectivity index (χ1n) is 5.64. The minimum Gasteiger partial charge on any atom is -0.376 e. The molecule has 2 unspecified atom stereocenters. The van der Waals surface area contributed by atoms with E-state index in [9.17, 15) is 0 Å². The van der Waals surface area contributed by atoms with Crippen LogP contribution in [0.5, 0.6) is 0 Å². The Morgan fingerprint density at radius 1 is 1.62 bits per heavy atom. The largest absolute Gasteiger partial charge is 0.376 e. The third-order valence-corrected chi connectivity index (χ3v) is 2.98. The van der Waals surface area contributed by atoms with Gasteiger partial charge in [0.05, 0.1) is 25.9 Å². The molecule has 90 valence electrons. The second-order valence-corrected chi connectivity index (χ2v) is 4.04. The van der Waals surface area contributed by atoms with Crippen LogP contribution in [-0.4, -0.2) is 48.6 Å². The number of ether oxygens (including phenoxy) is 2. The molecule has 2 rings (SSSR count). The van der Waals surface area contributed by atoms with Crippen molar-refractivity contribution in [1.29, 1.82) is 0 Å². The zero-order valence-electron chi connectivity index (χ0n) is 9.85. The van der Waals surface area contributed by atoms with Crippen molar-refractivity contribution in [2.24, 2.45) is 7.05 Å². The van der Waals surface area contributed by atoms with Gasteiger partial charge in [-0.3, -0.25) is 0 Å². The first kappa shape index (κ1) is 11.6. The van der Waals surface area contributed by atoms with Crippen molar-refractivity contribution in [2.75, 3.05) is 26.9 Å². The zero-order chi connectivity index (χ0) is 11.4. The van der Waals surface area contributed by atoms with Gasteiger partial charge in [-0.05, 0) is 7.05 Å². The molecule has 5 nitrogen and oxygen atoms in total. The second kappa shape index (κ2) is 5.43. The molecule has 1 fully saturated rings. The first-order chi connectivity index (χ1) is 7.81. The maximum absolute atomic E-state index is 5.70. The van der Waals surface area contributed by atoms with Crippen LogP contribution < -0.4 is 5.32 Å². The van der Waals surface area contributed by atoms with Crippen LogP contribution >= 0.6 is 0 Å². The van der Waals surface area contributed by atoms with E-state index in [0.717, 1.165) is 12.2 Å². The molecule has 2 heterocycles. The Labute approximate surface area is 95.8 Å². The average Bonchev–Trinajstić information content (AvgIpc) is 2.73. The van der Waals surface area contributed by atoms with Crippen molar-refractivity contribution < 1.29 is 9.47 Å². The summed E-state index contributed by atoms with van der Waals surface area (Å²) in [6, 6.07) is 0.251. The third-order valence-electron chi connectivity index (χ3n) is 2.98. The summed E-state index contributed by atoms with van der Waals surface area (Å²) in [7, 11) is 3.96. The number of rotatable bonds is 4. The Morgan fingerprint density at radius 3 is 3.06 bits per heavy atom. The molecule has 1 aliphatic heterocycles. The van der Waals surface area contributed by atoms with Crippen LogP contribution in [0, 0.1) is 0 Å². The summed E-state index contributed by atoms with van der Waals surface area (Å²) in [4.78, 5) is 4.32. The number of likely N-dealkylation sites (N-methyl/N-ethyl adjacent to an activating group) is 1. The summed E-state index contributed by atoms with van der Waals surface area (Å²) in [5, 5.41) is 3.28. The van der Waals surface area contributed by atoms with Gasteiger partial charge in [-0.2, -0.15) is 0 Å². The highest BCUT2D eigenvalue weighted by atomic mass is 16.6. The molecule has 0 spiro atoms. The number of hydrogen-bond acceptors (Lipinski definition) is 4. The lowest BCUT2D eigenvalue weighted by Crippen LogP contribution is -2.46. The molecule has 0 bridgehead atoms. The van der Waals surface area contributed by atoms with E-state index in [2.05, 4.69) is 10.3 Å². The molecular formula is C11H19N3O2. The van der Waals surface area contributed by atoms with Gasteiger partial charge < -0.3 is 19.4 Å². The van der Waals surface area contributed by atoms with Crippen molar-refractivity contribution in [3.63, 3.8) is 0 Å². The van der Waals surface area contributed by atoms with Gasteiger partial charge in [0, 0.05) is 31.9 Å². The molecule has 0 amide bonds. The van der Waals surface area contributed by atoms with Crippen molar-refractivity contribution in [3.05, 3.63) is 18.2 Å². The molecule has 2 atom stereocenters. The number of hydrogen-bond donors (Lipinski definition) is 1. The quantitative estimate of drug-likeness (QED) is 0.781. The van der Waals surface area contributed by atoms with Crippen molar-refractivity contribution in [1.82, 2.24) is 14.9 Å². The summed E-state index contributed by atoms with van der Waals surface area (Å²) in [6.45, 7) is 2.05. The van der Waals surface area contributed by atoms with Crippen LogP contribution in [-0.2, 0) is 22.9 Å². The van der Waals surface area contributed by atoms with E-state index >= 15 is 0 Å². The van der Waals surface area contributed by atoms with Crippen LogP contribution in [0.3, 0.4) is 0 Å². The maximum Gasteiger partial charge on any atom is 0.110 e. The van der Waals surface area contributed by atoms with Gasteiger partial charge in [0.25, 0.3) is 0 Å². The lowest BCUT2D eigenvalue weighted by Gasteiger charge is -2.30. The van der Waals surface area contributed by atoms with Crippen LogP contribution in [0.25, 0.3) is 0 Å². The lowest BCUT2D eigenvalue weighted by atomic mass is 10.1. The fourth-order valence-electron chi connectivity index (χ4n) is 1.95. The SMILES string of the molecule is CNC(Cc1nccn1C)C1COCCO1. The highest BCUT2D eigenvalue weighted by Crippen LogP contribution is 2.10. The van der Waals surface area contributed by atoms with E-state index in [1.54, 1.807) is 0 Å². The minimum absolute atomic E-state index is 0.121. The molecule has 1 aromatic rings. The molecule has 1 aliphatic rings. The maximum atomic E-state index is 5.70. The molecule has 0 saturated carbocycles. The van der Waals surface area contributed by atoms with Crippen LogP contribution in [0.1, 0.15) is 5.82 Å². The fraction of sp³-hybridized carbons (Fsp3) is 0.727. The molecule has 1 aromatic heterocycles. The van der Waals surface area contributed by atoms with Crippen LogP contribution in [0.2, 0.25) is 0 Å². The normalized spacial score (nSPS) is 23.2. The summed E-state index contributed by atoms with van der Waals surface area (Å²) in [6.07, 6.45) is 4.75. The summed E-state index contributed by atoms with van der Waals surface area (Å²) < 4.78 is 13.2. The predicted octanol–water partition coefficient (Wildman–Crippen LogP) is -0.0340. The molecule has 1 saturated heterocycles. The number of imidazole rings is 1. The third kappa shape index (κ3) is 2.61. The number of aryl methyl sites for hydroxylation is 1. The van der Waals surface area contributed by atoms with E-state index < -0.39 is 0 Å². The fourth-order valence-corrected chi connectivity index (χ4v) is 1.95. The lowest BCUT2D eigenvalue weighted by molar-refractivity contribution is -0.101. The molecule has 0 aliphatic carbocycles. The summed E-state index contributed by atoms with van der Waals surface area (Å²) >= 11 is 0. The topological polar surface area (TPSA) is 48.3 Å². The summed E-state index contributed by atoms with van der Waals surface area (Å²) in [5.41, 5.74) is 0. The van der Waals surface area contributed by atoms with Gasteiger partial charge in [-0.15, -0.1) is 0 Å². The monoisotopic (exact) mass is 225 g/mol. The molecule has 1 N–H and O–H groups in total. The van der Waals surface area contributed by atoms with Gasteiger partial charge >= 0.3 is 0 Å². The zero-order valence-corrected chi connectivity index (χ0v) is 9.85. The first-order valence-corrected chi connectivity index (χ1v) is 5.64. The average molecular weight is 225 g/mol. The van der Waals surface area contributed by atoms with E-state index in [-0.39, 0.29) is 12.1 Å². The van der Waals surface area contributed by atoms with Gasteiger partial charge in [-0.1, -0.05) is 0 Å². The molecule has 5 heteroatoms. The molecule has 16 heavy (non-hydrogen) atoms. The van der Waals surface area contributed by atoms with Gasteiger partial charge in [-0.25, -0.2) is 4.98 Å². The smallest absolute Gasteiger partial charge is 0.110 e. The number of aromatic nitrogens is 2. The van der Waals surface area contributed by atoms with Gasteiger partial charge in [0.2, 0.25) is 0 Å². The van der Waals surface area contributed by atoms with Crippen LogP contribution in [0.4, 0.5) is 0 Å². The Hall–Kier alpha value is -0.910. The highest BCUT2D eigenvalue weighted by molar-refractivity contribution is 4.96. The Morgan fingerprint density at radius 2 is 2.50 bits per heavy atom. The molecule has 0 aromatic carbocycles. The van der Waals surface area contributed by atoms with Crippen molar-refractivity contribution in [2.45, 2.75) is 18.6 Å². The van der Waals surface area contributed by atoms with E-state index in [4.69, 9.17) is 9.47 Å². The van der Waals surface area contributed by atoms with Crippen molar-refractivity contribution >= 4 is 0 Å². The van der Waals surface area contributed by atoms with Gasteiger partial charge in [0.1, 0.15) is 5.82 Å². The van der Waals surface area contributed by atoms with Crippen molar-refractivity contribution in [3.8, 4) is 0 Å². The highest BCUT2D eigenvalue weighted by Gasteiger charge is 2.25. The Kier molecular flexibility index (Phi) is 3.93. The minimum atomic E-state index is 0.121. The summed E-state index contributed by atoms with van der Waals surface area (Å²) in [5.74, 6) is 1.06. The van der Waals surface area contributed by atoms with E-state index in [0.29, 0.717) is 19.8 Å². The van der Waals surface area contributed by atoms with E-state index in [1.165, 1.54) is 0 Å². The standard InChI is InChI=1S/C11H19N3O2/c1-12-9(10-8-15-5-6-16-10)7-11-13-3-4-14(11)2/h3-4,9-10,12H,5-8H2,1-2H3.